The van der Waals surface area contributed by atoms with E-state index >= 15 is 0 Å². The lowest BCUT2D eigenvalue weighted by molar-refractivity contribution is -0.132. The van der Waals surface area contributed by atoms with Crippen LogP contribution in [0.1, 0.15) is 65.2 Å². The summed E-state index contributed by atoms with van der Waals surface area (Å²) in [7, 11) is 0. The van der Waals surface area contributed by atoms with Gasteiger partial charge in [0.25, 0.3) is 0 Å². The van der Waals surface area contributed by atoms with Crippen molar-refractivity contribution in [3.8, 4) is 0 Å². The molecule has 1 unspecified atom stereocenters. The van der Waals surface area contributed by atoms with Gasteiger partial charge in [-0.05, 0) is 18.8 Å². The van der Waals surface area contributed by atoms with Crippen LogP contribution in [0.3, 0.4) is 0 Å². The van der Waals surface area contributed by atoms with Crippen molar-refractivity contribution in [2.24, 2.45) is 5.92 Å². The second-order valence-electron chi connectivity index (χ2n) is 5.84. The molecule has 1 N–H and O–H groups in total. The van der Waals surface area contributed by atoms with E-state index in [1.54, 1.807) is 0 Å². The molecule has 1 saturated heterocycles. The van der Waals surface area contributed by atoms with Gasteiger partial charge in [-0.3, -0.25) is 4.79 Å². The topological polar surface area (TPSA) is 32.3 Å². The van der Waals surface area contributed by atoms with Crippen LogP contribution in [-0.4, -0.2) is 37.0 Å². The molecule has 0 aromatic rings. The summed E-state index contributed by atoms with van der Waals surface area (Å²) < 4.78 is 0. The second-order valence-corrected chi connectivity index (χ2v) is 5.84. The Bertz CT molecular complexity index is 237. The molecule has 1 fully saturated rings. The maximum absolute atomic E-state index is 12.3. The van der Waals surface area contributed by atoms with Gasteiger partial charge in [-0.1, -0.05) is 46.0 Å². The first-order valence-electron chi connectivity index (χ1n) is 8.26. The smallest absolute Gasteiger partial charge is 0.222 e. The van der Waals surface area contributed by atoms with Crippen molar-refractivity contribution in [3.63, 3.8) is 0 Å². The van der Waals surface area contributed by atoms with E-state index in [1.165, 1.54) is 44.9 Å². The van der Waals surface area contributed by atoms with E-state index in [9.17, 15) is 4.79 Å². The summed E-state index contributed by atoms with van der Waals surface area (Å²) in [5, 5.41) is 3.31. The second kappa shape index (κ2) is 10.2. The van der Waals surface area contributed by atoms with Crippen LogP contribution in [0.4, 0.5) is 0 Å². The molecule has 0 radical (unpaired) electrons. The Morgan fingerprint density at radius 2 is 1.68 bits per heavy atom. The number of hydrogen-bond acceptors (Lipinski definition) is 2. The van der Waals surface area contributed by atoms with Gasteiger partial charge in [0.05, 0.1) is 0 Å². The van der Waals surface area contributed by atoms with Crippen LogP contribution in [0, 0.1) is 5.92 Å². The highest BCUT2D eigenvalue weighted by Crippen LogP contribution is 2.21. The quantitative estimate of drug-likeness (QED) is 0.651. The van der Waals surface area contributed by atoms with Crippen LogP contribution in [0.5, 0.6) is 0 Å². The standard InChI is InChI=1S/C16H32N2O/c1-3-5-7-9-15(8-6-4-2)14-16(19)18-12-10-17-11-13-18/h15,17H,3-14H2,1-2H3. The molecule has 1 aliphatic rings. The minimum atomic E-state index is 0.388. The van der Waals surface area contributed by atoms with Crippen molar-refractivity contribution >= 4 is 5.91 Å². The number of carbonyl (C=O) groups excluding carboxylic acids is 1. The Kier molecular flexibility index (Phi) is 8.89. The van der Waals surface area contributed by atoms with Gasteiger partial charge in [-0.15, -0.1) is 0 Å². The number of piperazine rings is 1. The maximum Gasteiger partial charge on any atom is 0.222 e. The average Bonchev–Trinajstić information content (AvgIpc) is 2.45. The van der Waals surface area contributed by atoms with E-state index in [0.717, 1.165) is 32.6 Å². The van der Waals surface area contributed by atoms with Crippen molar-refractivity contribution in [1.29, 1.82) is 0 Å². The van der Waals surface area contributed by atoms with E-state index in [1.807, 2.05) is 0 Å². The molecule has 1 heterocycles. The number of unbranched alkanes of at least 4 members (excludes halogenated alkanes) is 3. The zero-order valence-electron chi connectivity index (χ0n) is 12.9. The first kappa shape index (κ1) is 16.5. The van der Waals surface area contributed by atoms with E-state index in [-0.39, 0.29) is 0 Å². The monoisotopic (exact) mass is 268 g/mol. The van der Waals surface area contributed by atoms with Crippen molar-refractivity contribution in [2.45, 2.75) is 65.2 Å². The lowest BCUT2D eigenvalue weighted by atomic mass is 9.92. The number of carbonyl (C=O) groups is 1. The summed E-state index contributed by atoms with van der Waals surface area (Å²) in [5.41, 5.74) is 0. The Morgan fingerprint density at radius 3 is 2.32 bits per heavy atom. The van der Waals surface area contributed by atoms with Crippen LogP contribution in [-0.2, 0) is 4.79 Å². The summed E-state index contributed by atoms with van der Waals surface area (Å²) in [5.74, 6) is 1.01. The summed E-state index contributed by atoms with van der Waals surface area (Å²) in [6, 6.07) is 0. The van der Waals surface area contributed by atoms with E-state index in [2.05, 4.69) is 24.1 Å². The number of nitrogens with zero attached hydrogens (tertiary/aromatic N) is 1. The summed E-state index contributed by atoms with van der Waals surface area (Å²) in [6.45, 7) is 8.19. The van der Waals surface area contributed by atoms with Gasteiger partial charge in [-0.25, -0.2) is 0 Å². The number of rotatable bonds is 9. The molecule has 3 heteroatoms. The van der Waals surface area contributed by atoms with Crippen LogP contribution >= 0.6 is 0 Å². The third kappa shape index (κ3) is 6.95. The highest BCUT2D eigenvalue weighted by molar-refractivity contribution is 5.76. The van der Waals surface area contributed by atoms with Crippen molar-refractivity contribution in [2.75, 3.05) is 26.2 Å². The lowest BCUT2D eigenvalue weighted by Crippen LogP contribution is -2.46. The minimum Gasteiger partial charge on any atom is -0.340 e. The van der Waals surface area contributed by atoms with Gasteiger partial charge in [0.1, 0.15) is 0 Å². The molecule has 0 aromatic heterocycles. The molecule has 19 heavy (non-hydrogen) atoms. The molecule has 112 valence electrons. The normalized spacial score (nSPS) is 17.5. The van der Waals surface area contributed by atoms with E-state index < -0.39 is 0 Å². The molecule has 0 bridgehead atoms. The van der Waals surface area contributed by atoms with Crippen molar-refractivity contribution in [3.05, 3.63) is 0 Å². The third-order valence-corrected chi connectivity index (χ3v) is 4.11. The van der Waals surface area contributed by atoms with Crippen LogP contribution in [0.25, 0.3) is 0 Å². The molecule has 0 saturated carbocycles. The summed E-state index contributed by atoms with van der Waals surface area (Å²) in [6.07, 6.45) is 9.64. The molecule has 3 nitrogen and oxygen atoms in total. The largest absolute Gasteiger partial charge is 0.340 e. The van der Waals surface area contributed by atoms with Crippen molar-refractivity contribution < 1.29 is 4.79 Å². The van der Waals surface area contributed by atoms with Crippen LogP contribution in [0.2, 0.25) is 0 Å². The number of hydrogen-bond donors (Lipinski definition) is 1. The Balaban J connectivity index is 2.33. The van der Waals surface area contributed by atoms with Gasteiger partial charge in [0.2, 0.25) is 5.91 Å². The molecule has 0 aliphatic carbocycles. The molecule has 0 spiro atoms. The molecule has 1 amide bonds. The van der Waals surface area contributed by atoms with Crippen molar-refractivity contribution in [1.82, 2.24) is 10.2 Å². The van der Waals surface area contributed by atoms with Gasteiger partial charge in [-0.2, -0.15) is 0 Å². The molecule has 0 aromatic carbocycles. The molecular formula is C16H32N2O. The van der Waals surface area contributed by atoms with E-state index in [0.29, 0.717) is 11.8 Å². The molecule has 1 atom stereocenters. The summed E-state index contributed by atoms with van der Waals surface area (Å²) >= 11 is 0. The van der Waals surface area contributed by atoms with Gasteiger partial charge in [0, 0.05) is 32.6 Å². The zero-order chi connectivity index (χ0) is 13.9. The zero-order valence-corrected chi connectivity index (χ0v) is 12.9. The molecule has 1 rings (SSSR count). The van der Waals surface area contributed by atoms with Gasteiger partial charge >= 0.3 is 0 Å². The maximum atomic E-state index is 12.3. The number of nitrogens with one attached hydrogen (secondary N) is 1. The lowest BCUT2D eigenvalue weighted by Gasteiger charge is -2.29. The fraction of sp³-hybridized carbons (Fsp3) is 0.938. The Hall–Kier alpha value is -0.570. The third-order valence-electron chi connectivity index (χ3n) is 4.11. The van der Waals surface area contributed by atoms with Gasteiger partial charge < -0.3 is 10.2 Å². The first-order valence-corrected chi connectivity index (χ1v) is 8.26. The number of amides is 1. The predicted molar refractivity (Wildman–Crippen MR) is 81.2 cm³/mol. The van der Waals surface area contributed by atoms with Crippen LogP contribution in [0.15, 0.2) is 0 Å². The summed E-state index contributed by atoms with van der Waals surface area (Å²) in [4.78, 5) is 14.4. The Morgan fingerprint density at radius 1 is 1.05 bits per heavy atom. The first-order chi connectivity index (χ1) is 9.27. The van der Waals surface area contributed by atoms with Gasteiger partial charge in [0.15, 0.2) is 0 Å². The fourth-order valence-corrected chi connectivity index (χ4v) is 2.81. The predicted octanol–water partition coefficient (Wildman–Crippen LogP) is 3.20. The minimum absolute atomic E-state index is 0.388. The Labute approximate surface area is 119 Å². The average molecular weight is 268 g/mol. The highest BCUT2D eigenvalue weighted by atomic mass is 16.2. The fourth-order valence-electron chi connectivity index (χ4n) is 2.81. The SMILES string of the molecule is CCCCCC(CCCC)CC(=O)N1CCNCC1. The molecular weight excluding hydrogens is 236 g/mol. The van der Waals surface area contributed by atoms with Crippen LogP contribution < -0.4 is 5.32 Å². The van der Waals surface area contributed by atoms with E-state index in [4.69, 9.17) is 0 Å². The highest BCUT2D eigenvalue weighted by Gasteiger charge is 2.20. The molecule has 1 aliphatic heterocycles.